The van der Waals surface area contributed by atoms with Gasteiger partial charge in [-0.15, -0.1) is 0 Å². The van der Waals surface area contributed by atoms with Gasteiger partial charge in [-0.25, -0.2) is 4.39 Å². The third-order valence-electron chi connectivity index (χ3n) is 4.08. The lowest BCUT2D eigenvalue weighted by molar-refractivity contribution is -0.141. The highest BCUT2D eigenvalue weighted by atomic mass is 19.4. The summed E-state index contributed by atoms with van der Waals surface area (Å²) in [5.41, 5.74) is -0.165. The van der Waals surface area contributed by atoms with E-state index in [4.69, 9.17) is 0 Å². The Morgan fingerprint density at radius 2 is 1.69 bits per heavy atom. The van der Waals surface area contributed by atoms with Crippen molar-refractivity contribution >= 4 is 5.91 Å². The molecule has 0 spiro atoms. The maximum absolute atomic E-state index is 12.9. The maximum Gasteiger partial charge on any atom is 0.433 e. The topological polar surface area (TPSA) is 64.0 Å². The summed E-state index contributed by atoms with van der Waals surface area (Å²) in [6.07, 6.45) is -2.19. The molecule has 5 nitrogen and oxygen atoms in total. The molecular formula is C20H15F4N3O2. The Bertz CT molecular complexity index is 1060. The van der Waals surface area contributed by atoms with E-state index in [-0.39, 0.29) is 24.5 Å². The van der Waals surface area contributed by atoms with Gasteiger partial charge in [0.2, 0.25) is 0 Å². The van der Waals surface area contributed by atoms with Gasteiger partial charge in [-0.1, -0.05) is 18.2 Å². The highest BCUT2D eigenvalue weighted by Crippen LogP contribution is 2.27. The number of benzene rings is 1. The molecule has 0 atom stereocenters. The Labute approximate surface area is 162 Å². The average molecular weight is 405 g/mol. The van der Waals surface area contributed by atoms with Crippen LogP contribution >= 0.6 is 0 Å². The van der Waals surface area contributed by atoms with Crippen LogP contribution in [0.25, 0.3) is 0 Å². The van der Waals surface area contributed by atoms with Crippen molar-refractivity contribution in [1.82, 2.24) is 14.9 Å². The van der Waals surface area contributed by atoms with Gasteiger partial charge in [0.05, 0.1) is 12.1 Å². The zero-order chi connectivity index (χ0) is 21.0. The Kier molecular flexibility index (Phi) is 5.76. The Balaban J connectivity index is 1.71. The summed E-state index contributed by atoms with van der Waals surface area (Å²) in [5, 5.41) is 2.66. The minimum Gasteiger partial charge on any atom is -0.348 e. The Morgan fingerprint density at radius 1 is 1.00 bits per heavy atom. The summed E-state index contributed by atoms with van der Waals surface area (Å²) in [7, 11) is 0. The van der Waals surface area contributed by atoms with E-state index >= 15 is 0 Å². The molecule has 2 heterocycles. The van der Waals surface area contributed by atoms with Crippen LogP contribution in [0.1, 0.15) is 27.2 Å². The van der Waals surface area contributed by atoms with Gasteiger partial charge in [-0.05, 0) is 35.4 Å². The lowest BCUT2D eigenvalue weighted by Crippen LogP contribution is -2.26. The summed E-state index contributed by atoms with van der Waals surface area (Å²) in [6.45, 7) is 0.129. The van der Waals surface area contributed by atoms with Gasteiger partial charge in [0.1, 0.15) is 11.5 Å². The second kappa shape index (κ2) is 8.26. The first-order chi connectivity index (χ1) is 13.7. The van der Waals surface area contributed by atoms with Crippen molar-refractivity contribution in [1.29, 1.82) is 0 Å². The van der Waals surface area contributed by atoms with Gasteiger partial charge in [-0.3, -0.25) is 14.6 Å². The molecule has 0 saturated carbocycles. The summed E-state index contributed by atoms with van der Waals surface area (Å²) < 4.78 is 51.9. The highest BCUT2D eigenvalue weighted by molar-refractivity contribution is 5.93. The summed E-state index contributed by atoms with van der Waals surface area (Å²) in [5.74, 6) is -0.835. The van der Waals surface area contributed by atoms with Gasteiger partial charge < -0.3 is 9.88 Å². The quantitative estimate of drug-likeness (QED) is 0.662. The predicted molar refractivity (Wildman–Crippen MR) is 96.6 cm³/mol. The fourth-order valence-corrected chi connectivity index (χ4v) is 2.56. The van der Waals surface area contributed by atoms with E-state index in [2.05, 4.69) is 10.3 Å². The molecule has 0 bridgehead atoms. The molecule has 150 valence electrons. The van der Waals surface area contributed by atoms with Crippen molar-refractivity contribution in [3.63, 3.8) is 0 Å². The molecule has 3 rings (SSSR count). The number of nitrogens with zero attached hydrogens (tertiary/aromatic N) is 2. The number of amides is 1. The number of alkyl halides is 3. The fraction of sp³-hybridized carbons (Fsp3) is 0.150. The molecule has 0 fully saturated rings. The summed E-state index contributed by atoms with van der Waals surface area (Å²) >= 11 is 0. The molecule has 0 aliphatic heterocycles. The monoisotopic (exact) mass is 405 g/mol. The second-order valence-corrected chi connectivity index (χ2v) is 6.24. The molecule has 0 unspecified atom stereocenters. The normalized spacial score (nSPS) is 11.3. The third kappa shape index (κ3) is 5.28. The van der Waals surface area contributed by atoms with Crippen LogP contribution in [0, 0.1) is 5.82 Å². The van der Waals surface area contributed by atoms with Crippen LogP contribution in [0.4, 0.5) is 17.6 Å². The van der Waals surface area contributed by atoms with Gasteiger partial charge in [0.25, 0.3) is 11.5 Å². The van der Waals surface area contributed by atoms with Crippen LogP contribution in [0.5, 0.6) is 0 Å². The minimum atomic E-state index is -4.54. The van der Waals surface area contributed by atoms with Crippen molar-refractivity contribution in [3.8, 4) is 0 Å². The third-order valence-corrected chi connectivity index (χ3v) is 4.08. The van der Waals surface area contributed by atoms with E-state index in [0.29, 0.717) is 11.1 Å². The zero-order valence-corrected chi connectivity index (χ0v) is 14.9. The number of carbonyl (C=O) groups is 1. The molecule has 29 heavy (non-hydrogen) atoms. The largest absolute Gasteiger partial charge is 0.433 e. The second-order valence-electron chi connectivity index (χ2n) is 6.24. The first-order valence-electron chi connectivity index (χ1n) is 8.47. The number of hydrogen-bond acceptors (Lipinski definition) is 3. The molecule has 1 N–H and O–H groups in total. The molecule has 0 aliphatic rings. The van der Waals surface area contributed by atoms with Crippen LogP contribution in [-0.4, -0.2) is 15.5 Å². The molecular weight excluding hydrogens is 390 g/mol. The number of hydrogen-bond donors (Lipinski definition) is 1. The van der Waals surface area contributed by atoms with Gasteiger partial charge >= 0.3 is 6.18 Å². The van der Waals surface area contributed by atoms with E-state index in [1.165, 1.54) is 53.2 Å². The summed E-state index contributed by atoms with van der Waals surface area (Å²) in [6, 6.07) is 10.2. The van der Waals surface area contributed by atoms with Crippen molar-refractivity contribution < 1.29 is 22.4 Å². The number of halogens is 4. The number of carbonyl (C=O) groups excluding carboxylic acids is 1. The fourth-order valence-electron chi connectivity index (χ4n) is 2.56. The maximum atomic E-state index is 12.9. The molecule has 0 saturated heterocycles. The molecule has 1 aromatic carbocycles. The SMILES string of the molecule is O=C(NCc1ccc(F)cc1)c1ccc(=O)n(Cc2ccc(C(F)(F)F)nc2)c1. The smallest absolute Gasteiger partial charge is 0.348 e. The van der Waals surface area contributed by atoms with Crippen LogP contribution < -0.4 is 10.9 Å². The number of rotatable bonds is 5. The molecule has 0 aliphatic carbocycles. The first kappa shape index (κ1) is 20.2. The number of nitrogens with one attached hydrogen (secondary N) is 1. The van der Waals surface area contributed by atoms with E-state index < -0.39 is 23.3 Å². The van der Waals surface area contributed by atoms with E-state index in [1.807, 2.05) is 0 Å². The van der Waals surface area contributed by atoms with Crippen LogP contribution in [0.3, 0.4) is 0 Å². The molecule has 9 heteroatoms. The van der Waals surface area contributed by atoms with Crippen LogP contribution in [0.2, 0.25) is 0 Å². The lowest BCUT2D eigenvalue weighted by Gasteiger charge is -2.10. The van der Waals surface area contributed by atoms with E-state index in [9.17, 15) is 27.2 Å². The highest BCUT2D eigenvalue weighted by Gasteiger charge is 2.32. The Hall–Kier alpha value is -3.49. The molecule has 2 aromatic heterocycles. The Morgan fingerprint density at radius 3 is 2.31 bits per heavy atom. The zero-order valence-electron chi connectivity index (χ0n) is 14.9. The molecule has 1 amide bonds. The van der Waals surface area contributed by atoms with Crippen molar-refractivity contribution in [2.24, 2.45) is 0 Å². The van der Waals surface area contributed by atoms with Crippen molar-refractivity contribution in [2.75, 3.05) is 0 Å². The van der Waals surface area contributed by atoms with E-state index in [0.717, 1.165) is 12.3 Å². The lowest BCUT2D eigenvalue weighted by atomic mass is 10.2. The van der Waals surface area contributed by atoms with Gasteiger partial charge in [-0.2, -0.15) is 13.2 Å². The number of pyridine rings is 2. The standard InChI is InChI=1S/C20H15F4N3O2/c21-16-5-1-13(2-6-16)9-26-19(29)15-4-8-18(28)27(12-15)11-14-3-7-17(25-10-14)20(22,23)24/h1-8,10,12H,9,11H2,(H,26,29). The molecule has 3 aromatic rings. The minimum absolute atomic E-state index is 0.0386. The van der Waals surface area contributed by atoms with Crippen molar-refractivity contribution in [2.45, 2.75) is 19.3 Å². The number of aromatic nitrogens is 2. The average Bonchev–Trinajstić information content (AvgIpc) is 2.69. The summed E-state index contributed by atoms with van der Waals surface area (Å²) in [4.78, 5) is 27.7. The first-order valence-corrected chi connectivity index (χ1v) is 8.47. The van der Waals surface area contributed by atoms with Gasteiger partial charge in [0.15, 0.2) is 0 Å². The van der Waals surface area contributed by atoms with Crippen LogP contribution in [-0.2, 0) is 19.3 Å². The van der Waals surface area contributed by atoms with Gasteiger partial charge in [0, 0.05) is 25.0 Å². The predicted octanol–water partition coefficient (Wildman–Crippen LogP) is 3.38. The molecule has 0 radical (unpaired) electrons. The van der Waals surface area contributed by atoms with E-state index in [1.54, 1.807) is 0 Å². The van der Waals surface area contributed by atoms with Crippen molar-refractivity contribution in [3.05, 3.63) is 99.5 Å². The van der Waals surface area contributed by atoms with Crippen LogP contribution in [0.15, 0.2) is 65.7 Å².